The number of aryl methyl sites for hydroxylation is 1. The third-order valence-corrected chi connectivity index (χ3v) is 3.02. The summed E-state index contributed by atoms with van der Waals surface area (Å²) in [5, 5.41) is 4.79. The molecule has 2 unspecified atom stereocenters. The molecule has 92 valence electrons. The summed E-state index contributed by atoms with van der Waals surface area (Å²) in [6.07, 6.45) is 1.58. The molecule has 16 heavy (non-hydrogen) atoms. The van der Waals surface area contributed by atoms with Crippen LogP contribution in [-0.2, 0) is 11.3 Å². The van der Waals surface area contributed by atoms with Crippen LogP contribution in [0.1, 0.15) is 32.5 Å². The van der Waals surface area contributed by atoms with Gasteiger partial charge in [-0.1, -0.05) is 25.4 Å². The first kappa shape index (κ1) is 13.5. The van der Waals surface area contributed by atoms with E-state index in [-0.39, 0.29) is 12.1 Å². The van der Waals surface area contributed by atoms with E-state index < -0.39 is 0 Å². The van der Waals surface area contributed by atoms with Gasteiger partial charge in [-0.15, -0.1) is 0 Å². The molecular weight excluding hydrogens is 226 g/mol. The molecule has 1 aromatic heterocycles. The van der Waals surface area contributed by atoms with Crippen molar-refractivity contribution < 1.29 is 4.74 Å². The molecule has 0 radical (unpaired) electrons. The zero-order valence-electron chi connectivity index (χ0n) is 10.3. The minimum Gasteiger partial charge on any atom is -0.379 e. The maximum absolute atomic E-state index is 6.20. The molecule has 0 fully saturated rings. The molecule has 5 heteroatoms. The summed E-state index contributed by atoms with van der Waals surface area (Å²) >= 11 is 6.11. The number of hydrogen-bond donors (Lipinski definition) is 1. The van der Waals surface area contributed by atoms with E-state index >= 15 is 0 Å². The molecule has 2 N–H and O–H groups in total. The van der Waals surface area contributed by atoms with Gasteiger partial charge >= 0.3 is 0 Å². The molecular formula is C11H20ClN3O. The highest BCUT2D eigenvalue weighted by Gasteiger charge is 2.27. The molecule has 1 rings (SSSR count). The first-order chi connectivity index (χ1) is 7.52. The maximum Gasteiger partial charge on any atom is 0.0835 e. The van der Waals surface area contributed by atoms with Gasteiger partial charge in [0.15, 0.2) is 0 Å². The second-order valence-electron chi connectivity index (χ2n) is 4.16. The van der Waals surface area contributed by atoms with Crippen LogP contribution in [0.3, 0.4) is 0 Å². The molecule has 1 heterocycles. The fourth-order valence-corrected chi connectivity index (χ4v) is 2.21. The summed E-state index contributed by atoms with van der Waals surface area (Å²) in [5.74, 6) is 0.330. The van der Waals surface area contributed by atoms with Crippen molar-refractivity contribution in [1.82, 2.24) is 9.78 Å². The van der Waals surface area contributed by atoms with Gasteiger partial charge in [0.25, 0.3) is 0 Å². The number of aromatic nitrogens is 2. The third-order valence-electron chi connectivity index (χ3n) is 2.73. The van der Waals surface area contributed by atoms with Crippen molar-refractivity contribution in [2.45, 2.75) is 39.5 Å². The van der Waals surface area contributed by atoms with Gasteiger partial charge in [0.05, 0.1) is 29.1 Å². The lowest BCUT2D eigenvalue weighted by molar-refractivity contribution is 0.0415. The Balaban J connectivity index is 3.02. The van der Waals surface area contributed by atoms with Crippen molar-refractivity contribution in [3.63, 3.8) is 0 Å². The number of halogens is 1. The molecule has 0 saturated heterocycles. The monoisotopic (exact) mass is 245 g/mol. The summed E-state index contributed by atoms with van der Waals surface area (Å²) in [4.78, 5) is 0. The first-order valence-electron chi connectivity index (χ1n) is 5.52. The summed E-state index contributed by atoms with van der Waals surface area (Å²) in [6, 6.07) is -0.250. The molecule has 1 aromatic rings. The Hall–Kier alpha value is -0.580. The van der Waals surface area contributed by atoms with Gasteiger partial charge in [0.2, 0.25) is 0 Å². The van der Waals surface area contributed by atoms with Crippen molar-refractivity contribution in [2.75, 3.05) is 7.11 Å². The first-order valence-corrected chi connectivity index (χ1v) is 5.90. The van der Waals surface area contributed by atoms with Crippen LogP contribution >= 0.6 is 11.6 Å². The van der Waals surface area contributed by atoms with Gasteiger partial charge in [0.1, 0.15) is 0 Å². The van der Waals surface area contributed by atoms with Gasteiger partial charge in [-0.05, 0) is 12.8 Å². The van der Waals surface area contributed by atoms with Crippen LogP contribution < -0.4 is 5.73 Å². The van der Waals surface area contributed by atoms with Gasteiger partial charge in [-0.3, -0.25) is 4.68 Å². The van der Waals surface area contributed by atoms with Crippen molar-refractivity contribution in [1.29, 1.82) is 0 Å². The van der Waals surface area contributed by atoms with Gasteiger partial charge in [-0.2, -0.15) is 5.10 Å². The quantitative estimate of drug-likeness (QED) is 0.866. The van der Waals surface area contributed by atoms with E-state index in [1.54, 1.807) is 13.3 Å². The number of rotatable bonds is 5. The lowest BCUT2D eigenvalue weighted by atomic mass is 9.97. The second-order valence-corrected chi connectivity index (χ2v) is 4.57. The zero-order valence-corrected chi connectivity index (χ0v) is 11.0. The lowest BCUT2D eigenvalue weighted by Crippen LogP contribution is -2.34. The largest absolute Gasteiger partial charge is 0.379 e. The van der Waals surface area contributed by atoms with Gasteiger partial charge in [0, 0.05) is 13.7 Å². The van der Waals surface area contributed by atoms with E-state index in [0.29, 0.717) is 10.9 Å². The second kappa shape index (κ2) is 5.66. The van der Waals surface area contributed by atoms with Crippen molar-refractivity contribution >= 4 is 11.6 Å². The standard InChI is InChI=1S/C11H20ClN3O/c1-5-15-10(8(12)6-14-15)9(13)11(16-4)7(2)3/h6-7,9,11H,5,13H2,1-4H3. The Morgan fingerprint density at radius 1 is 1.56 bits per heavy atom. The van der Waals surface area contributed by atoms with E-state index in [4.69, 9.17) is 22.1 Å². The highest BCUT2D eigenvalue weighted by Crippen LogP contribution is 2.27. The summed E-state index contributed by atoms with van der Waals surface area (Å²) in [6.45, 7) is 6.92. The Morgan fingerprint density at radius 2 is 2.19 bits per heavy atom. The Morgan fingerprint density at radius 3 is 2.62 bits per heavy atom. The number of ether oxygens (including phenoxy) is 1. The van der Waals surface area contributed by atoms with E-state index in [1.807, 2.05) is 11.6 Å². The Bertz CT molecular complexity index is 338. The van der Waals surface area contributed by atoms with Crippen LogP contribution in [0.5, 0.6) is 0 Å². The van der Waals surface area contributed by atoms with E-state index in [2.05, 4.69) is 18.9 Å². The minimum atomic E-state index is -0.250. The highest BCUT2D eigenvalue weighted by atomic mass is 35.5. The van der Waals surface area contributed by atoms with Crippen LogP contribution in [0.2, 0.25) is 5.02 Å². The molecule has 0 aliphatic heterocycles. The highest BCUT2D eigenvalue weighted by molar-refractivity contribution is 6.31. The average molecular weight is 246 g/mol. The molecule has 0 aliphatic rings. The molecule has 2 atom stereocenters. The van der Waals surface area contributed by atoms with Crippen molar-refractivity contribution in [3.8, 4) is 0 Å². The number of nitrogens with zero attached hydrogens (tertiary/aromatic N) is 2. The zero-order chi connectivity index (χ0) is 12.3. The van der Waals surface area contributed by atoms with E-state index in [1.165, 1.54) is 0 Å². The molecule has 0 saturated carbocycles. The van der Waals surface area contributed by atoms with Crippen LogP contribution in [0.15, 0.2) is 6.20 Å². The molecule has 0 aromatic carbocycles. The van der Waals surface area contributed by atoms with E-state index in [0.717, 1.165) is 12.2 Å². The van der Waals surface area contributed by atoms with Gasteiger partial charge < -0.3 is 10.5 Å². The Kier molecular flexibility index (Phi) is 4.77. The summed E-state index contributed by atoms with van der Waals surface area (Å²) in [7, 11) is 1.67. The fourth-order valence-electron chi connectivity index (χ4n) is 1.94. The number of methoxy groups -OCH3 is 1. The normalized spacial score (nSPS) is 15.4. The van der Waals surface area contributed by atoms with Crippen molar-refractivity contribution in [3.05, 3.63) is 16.9 Å². The molecule has 0 aliphatic carbocycles. The number of nitrogens with two attached hydrogens (primary N) is 1. The summed E-state index contributed by atoms with van der Waals surface area (Å²) < 4.78 is 7.25. The topological polar surface area (TPSA) is 53.1 Å². The predicted molar refractivity (Wildman–Crippen MR) is 65.5 cm³/mol. The fraction of sp³-hybridized carbons (Fsp3) is 0.727. The summed E-state index contributed by atoms with van der Waals surface area (Å²) in [5.41, 5.74) is 7.05. The minimum absolute atomic E-state index is 0.0560. The van der Waals surface area contributed by atoms with Crippen LogP contribution in [0.25, 0.3) is 0 Å². The van der Waals surface area contributed by atoms with Crippen molar-refractivity contribution in [2.24, 2.45) is 11.7 Å². The molecule has 4 nitrogen and oxygen atoms in total. The molecule has 0 bridgehead atoms. The smallest absolute Gasteiger partial charge is 0.0835 e. The predicted octanol–water partition coefficient (Wildman–Crippen LogP) is 2.23. The SMILES string of the molecule is CCn1ncc(Cl)c1C(N)C(OC)C(C)C. The number of hydrogen-bond acceptors (Lipinski definition) is 3. The lowest BCUT2D eigenvalue weighted by Gasteiger charge is -2.26. The van der Waals surface area contributed by atoms with Crippen LogP contribution in [-0.4, -0.2) is 23.0 Å². The van der Waals surface area contributed by atoms with Crippen LogP contribution in [0.4, 0.5) is 0 Å². The molecule has 0 amide bonds. The molecule has 0 spiro atoms. The van der Waals surface area contributed by atoms with Crippen LogP contribution in [0, 0.1) is 5.92 Å². The van der Waals surface area contributed by atoms with E-state index in [9.17, 15) is 0 Å². The van der Waals surface area contributed by atoms with Gasteiger partial charge in [-0.25, -0.2) is 0 Å². The maximum atomic E-state index is 6.20. The third kappa shape index (κ3) is 2.56. The average Bonchev–Trinajstić information content (AvgIpc) is 2.59. The Labute approximate surface area is 102 Å².